The first kappa shape index (κ1) is 21.6. The largest absolute Gasteiger partial charge is 0.343 e. The van der Waals surface area contributed by atoms with Crippen LogP contribution in [-0.2, 0) is 11.3 Å². The normalized spacial score (nSPS) is 14.6. The highest BCUT2D eigenvalue weighted by Gasteiger charge is 2.23. The maximum absolute atomic E-state index is 13.2. The van der Waals surface area contributed by atoms with Crippen molar-refractivity contribution in [3.05, 3.63) is 87.8 Å². The average Bonchev–Trinajstić information content (AvgIpc) is 3.29. The first-order valence-electron chi connectivity index (χ1n) is 11.5. The van der Waals surface area contributed by atoms with Gasteiger partial charge >= 0.3 is 0 Å². The first-order valence-corrected chi connectivity index (χ1v) is 12.3. The molecule has 0 spiro atoms. The highest BCUT2D eigenvalue weighted by molar-refractivity contribution is 7.17. The molecule has 4 aromatic rings. The highest BCUT2D eigenvalue weighted by atomic mass is 32.1. The zero-order valence-electron chi connectivity index (χ0n) is 18.7. The Morgan fingerprint density at radius 1 is 1.06 bits per heavy atom. The molecule has 1 aliphatic rings. The van der Waals surface area contributed by atoms with Gasteiger partial charge in [0.25, 0.3) is 5.56 Å². The minimum atomic E-state index is -0.0765. The third kappa shape index (κ3) is 4.48. The second-order valence-corrected chi connectivity index (χ2v) is 9.61. The zero-order chi connectivity index (χ0) is 22.8. The van der Waals surface area contributed by atoms with E-state index in [0.717, 1.165) is 41.9 Å². The molecule has 0 bridgehead atoms. The molecule has 3 heterocycles. The summed E-state index contributed by atoms with van der Waals surface area (Å²) in [6.07, 6.45) is 3.86. The molecule has 1 aliphatic heterocycles. The summed E-state index contributed by atoms with van der Waals surface area (Å²) in [6.45, 7) is 3.94. The summed E-state index contributed by atoms with van der Waals surface area (Å²) in [4.78, 5) is 33.3. The lowest BCUT2D eigenvalue weighted by atomic mass is 9.89. The van der Waals surface area contributed by atoms with Crippen molar-refractivity contribution in [1.82, 2.24) is 14.5 Å². The monoisotopic (exact) mass is 457 g/mol. The number of thiophene rings is 1. The molecule has 0 saturated carbocycles. The van der Waals surface area contributed by atoms with E-state index in [-0.39, 0.29) is 11.5 Å². The van der Waals surface area contributed by atoms with E-state index in [1.165, 1.54) is 22.5 Å². The van der Waals surface area contributed by atoms with Crippen molar-refractivity contribution in [2.75, 3.05) is 13.1 Å². The number of carbonyl (C=O) groups is 1. The molecule has 6 heteroatoms. The first-order chi connectivity index (χ1) is 16.1. The second-order valence-electron chi connectivity index (χ2n) is 8.75. The number of aromatic nitrogens is 2. The predicted molar refractivity (Wildman–Crippen MR) is 134 cm³/mol. The Labute approximate surface area is 197 Å². The van der Waals surface area contributed by atoms with Crippen LogP contribution in [0.25, 0.3) is 21.3 Å². The molecule has 5 rings (SSSR count). The van der Waals surface area contributed by atoms with Gasteiger partial charge in [0.1, 0.15) is 4.83 Å². The minimum absolute atomic E-state index is 0.0765. The van der Waals surface area contributed by atoms with Crippen LogP contribution in [-0.4, -0.2) is 33.4 Å². The van der Waals surface area contributed by atoms with E-state index in [4.69, 9.17) is 0 Å². The Hall–Kier alpha value is -3.25. The fraction of sp³-hybridized carbons (Fsp3) is 0.296. The standard InChI is InChI=1S/C27H27N3O2S/c1-19-7-9-22(10-8-19)23-17-33-26-25(23)27(32)30(18-28-26)16-13-24(31)29-14-11-21(12-15-29)20-5-3-2-4-6-20/h2-10,17-18,21H,11-16H2,1H3. The number of hydrogen-bond acceptors (Lipinski definition) is 4. The molecular formula is C27H27N3O2S. The van der Waals surface area contributed by atoms with E-state index in [9.17, 15) is 9.59 Å². The zero-order valence-corrected chi connectivity index (χ0v) is 19.6. The number of fused-ring (bicyclic) bond motifs is 1. The number of carbonyl (C=O) groups excluding carboxylic acids is 1. The third-order valence-corrected chi connectivity index (χ3v) is 7.49. The van der Waals surface area contributed by atoms with Crippen LogP contribution >= 0.6 is 11.3 Å². The number of benzene rings is 2. The van der Waals surface area contributed by atoms with Gasteiger partial charge in [0.05, 0.1) is 11.7 Å². The van der Waals surface area contributed by atoms with Gasteiger partial charge in [-0.15, -0.1) is 11.3 Å². The van der Waals surface area contributed by atoms with E-state index in [1.54, 1.807) is 10.9 Å². The number of likely N-dealkylation sites (tertiary alicyclic amines) is 1. The number of hydrogen-bond donors (Lipinski definition) is 0. The Bertz CT molecular complexity index is 1320. The Balaban J connectivity index is 1.27. The summed E-state index contributed by atoms with van der Waals surface area (Å²) in [6, 6.07) is 18.7. The highest BCUT2D eigenvalue weighted by Crippen LogP contribution is 2.31. The van der Waals surface area contributed by atoms with E-state index in [0.29, 0.717) is 24.3 Å². The van der Waals surface area contributed by atoms with Crippen molar-refractivity contribution in [3.8, 4) is 11.1 Å². The molecule has 0 unspecified atom stereocenters. The van der Waals surface area contributed by atoms with Gasteiger partial charge < -0.3 is 4.90 Å². The molecule has 1 amide bonds. The van der Waals surface area contributed by atoms with Gasteiger partial charge in [0.15, 0.2) is 0 Å². The molecule has 0 radical (unpaired) electrons. The summed E-state index contributed by atoms with van der Waals surface area (Å²) < 4.78 is 1.58. The van der Waals surface area contributed by atoms with Crippen molar-refractivity contribution in [2.45, 2.75) is 38.6 Å². The van der Waals surface area contributed by atoms with Crippen LogP contribution in [0.5, 0.6) is 0 Å². The molecule has 0 aliphatic carbocycles. The van der Waals surface area contributed by atoms with E-state index in [2.05, 4.69) is 29.2 Å². The fourth-order valence-corrected chi connectivity index (χ4v) is 5.54. The van der Waals surface area contributed by atoms with Crippen molar-refractivity contribution in [3.63, 3.8) is 0 Å². The van der Waals surface area contributed by atoms with Gasteiger partial charge in [-0.3, -0.25) is 14.2 Å². The van der Waals surface area contributed by atoms with Crippen LogP contribution in [0.15, 0.2) is 71.1 Å². The summed E-state index contributed by atoms with van der Waals surface area (Å²) >= 11 is 1.48. The van der Waals surface area contributed by atoms with Gasteiger partial charge in [0, 0.05) is 37.0 Å². The molecule has 33 heavy (non-hydrogen) atoms. The molecule has 1 fully saturated rings. The number of piperidine rings is 1. The Morgan fingerprint density at radius 3 is 2.52 bits per heavy atom. The number of aryl methyl sites for hydroxylation is 2. The maximum atomic E-state index is 13.2. The summed E-state index contributed by atoms with van der Waals surface area (Å²) in [5.41, 5.74) is 4.39. The molecular weight excluding hydrogens is 430 g/mol. The third-order valence-electron chi connectivity index (χ3n) is 6.61. The van der Waals surface area contributed by atoms with Gasteiger partial charge in [0.2, 0.25) is 5.91 Å². The van der Waals surface area contributed by atoms with Crippen LogP contribution in [0.2, 0.25) is 0 Å². The minimum Gasteiger partial charge on any atom is -0.343 e. The summed E-state index contributed by atoms with van der Waals surface area (Å²) in [7, 11) is 0. The fourth-order valence-electron chi connectivity index (χ4n) is 4.63. The molecule has 5 nitrogen and oxygen atoms in total. The topological polar surface area (TPSA) is 55.2 Å². The lowest BCUT2D eigenvalue weighted by Crippen LogP contribution is -2.38. The Morgan fingerprint density at radius 2 is 1.79 bits per heavy atom. The molecule has 1 saturated heterocycles. The Kier molecular flexibility index (Phi) is 6.09. The molecule has 2 aromatic heterocycles. The quantitative estimate of drug-likeness (QED) is 0.412. The number of nitrogens with zero attached hydrogens (tertiary/aromatic N) is 3. The predicted octanol–water partition coefficient (Wildman–Crippen LogP) is 5.23. The molecule has 0 N–H and O–H groups in total. The van der Waals surface area contributed by atoms with Crippen molar-refractivity contribution in [2.24, 2.45) is 0 Å². The van der Waals surface area contributed by atoms with Crippen LogP contribution in [0.1, 0.15) is 36.3 Å². The van der Waals surface area contributed by atoms with Gasteiger partial charge in [-0.1, -0.05) is 60.2 Å². The van der Waals surface area contributed by atoms with Crippen LogP contribution in [0.4, 0.5) is 0 Å². The van der Waals surface area contributed by atoms with E-state index in [1.807, 2.05) is 47.5 Å². The van der Waals surface area contributed by atoms with E-state index < -0.39 is 0 Å². The van der Waals surface area contributed by atoms with Crippen LogP contribution in [0.3, 0.4) is 0 Å². The van der Waals surface area contributed by atoms with Crippen LogP contribution in [0, 0.1) is 6.92 Å². The van der Waals surface area contributed by atoms with Crippen molar-refractivity contribution >= 4 is 27.5 Å². The van der Waals surface area contributed by atoms with Gasteiger partial charge in [-0.05, 0) is 36.8 Å². The molecule has 2 aromatic carbocycles. The molecule has 168 valence electrons. The summed E-state index contributed by atoms with van der Waals surface area (Å²) in [5, 5.41) is 2.64. The maximum Gasteiger partial charge on any atom is 0.262 e. The lowest BCUT2D eigenvalue weighted by molar-refractivity contribution is -0.132. The van der Waals surface area contributed by atoms with Crippen molar-refractivity contribution < 1.29 is 4.79 Å². The van der Waals surface area contributed by atoms with Gasteiger partial charge in [-0.2, -0.15) is 0 Å². The smallest absolute Gasteiger partial charge is 0.262 e. The average molecular weight is 458 g/mol. The lowest BCUT2D eigenvalue weighted by Gasteiger charge is -2.32. The van der Waals surface area contributed by atoms with Gasteiger partial charge in [-0.25, -0.2) is 4.98 Å². The van der Waals surface area contributed by atoms with Crippen molar-refractivity contribution in [1.29, 1.82) is 0 Å². The molecule has 0 atom stereocenters. The SMILES string of the molecule is Cc1ccc(-c2csc3ncn(CCC(=O)N4CCC(c5ccccc5)CC4)c(=O)c23)cc1. The second kappa shape index (κ2) is 9.32. The van der Waals surface area contributed by atoms with Crippen LogP contribution < -0.4 is 5.56 Å². The summed E-state index contributed by atoms with van der Waals surface area (Å²) in [5.74, 6) is 0.626. The van der Waals surface area contributed by atoms with E-state index >= 15 is 0 Å². The number of amides is 1. The number of rotatable bonds is 5.